The van der Waals surface area contributed by atoms with E-state index in [1.54, 1.807) is 0 Å². The average molecular weight is 252 g/mol. The highest BCUT2D eigenvalue weighted by Gasteiger charge is 2.43. The zero-order chi connectivity index (χ0) is 13.6. The molecule has 2 nitrogen and oxygen atoms in total. The molecule has 0 saturated carbocycles. The van der Waals surface area contributed by atoms with Crippen molar-refractivity contribution in [3.8, 4) is 0 Å². The second-order valence-corrected chi connectivity index (χ2v) is 8.25. The smallest absolute Gasteiger partial charge is 0.0232 e. The fourth-order valence-corrected chi connectivity index (χ4v) is 3.92. The minimum Gasteiger partial charge on any atom is -0.295 e. The SMILES string of the molecule is CC(C)(C)N1CC2CCCCC(C1)N2C(C)(C)C. The first-order valence-electron chi connectivity index (χ1n) is 7.73. The molecule has 18 heavy (non-hydrogen) atoms. The predicted octanol–water partition coefficient (Wildman–Crippen LogP) is 3.51. The highest BCUT2D eigenvalue weighted by molar-refractivity contribution is 4.99. The molecule has 2 aliphatic heterocycles. The number of hydrogen-bond acceptors (Lipinski definition) is 2. The summed E-state index contributed by atoms with van der Waals surface area (Å²) in [7, 11) is 0. The van der Waals surface area contributed by atoms with E-state index in [-0.39, 0.29) is 0 Å². The molecule has 0 aliphatic carbocycles. The van der Waals surface area contributed by atoms with Crippen LogP contribution in [0.4, 0.5) is 0 Å². The van der Waals surface area contributed by atoms with Crippen LogP contribution in [0.3, 0.4) is 0 Å². The first kappa shape index (κ1) is 14.3. The van der Waals surface area contributed by atoms with Gasteiger partial charge in [0.05, 0.1) is 0 Å². The van der Waals surface area contributed by atoms with E-state index in [9.17, 15) is 0 Å². The fourth-order valence-electron chi connectivity index (χ4n) is 3.92. The van der Waals surface area contributed by atoms with Gasteiger partial charge in [-0.3, -0.25) is 9.80 Å². The summed E-state index contributed by atoms with van der Waals surface area (Å²) >= 11 is 0. The van der Waals surface area contributed by atoms with Gasteiger partial charge in [0, 0.05) is 36.3 Å². The maximum atomic E-state index is 2.84. The lowest BCUT2D eigenvalue weighted by Crippen LogP contribution is -2.66. The molecule has 2 saturated heterocycles. The van der Waals surface area contributed by atoms with Crippen LogP contribution in [0.15, 0.2) is 0 Å². The van der Waals surface area contributed by atoms with Crippen LogP contribution in [0.1, 0.15) is 67.2 Å². The summed E-state index contributed by atoms with van der Waals surface area (Å²) in [5.41, 5.74) is 0.647. The molecule has 2 heteroatoms. The Bertz CT molecular complexity index is 268. The summed E-state index contributed by atoms with van der Waals surface area (Å²) in [5, 5.41) is 0. The normalized spacial score (nSPS) is 32.3. The quantitative estimate of drug-likeness (QED) is 0.651. The van der Waals surface area contributed by atoms with Crippen molar-refractivity contribution in [1.82, 2.24) is 9.80 Å². The molecular weight excluding hydrogens is 220 g/mol. The van der Waals surface area contributed by atoms with Crippen LogP contribution >= 0.6 is 0 Å². The molecule has 106 valence electrons. The molecule has 0 N–H and O–H groups in total. The lowest BCUT2D eigenvalue weighted by atomic mass is 9.92. The molecule has 0 spiro atoms. The summed E-state index contributed by atoms with van der Waals surface area (Å²) < 4.78 is 0. The average Bonchev–Trinajstić information content (AvgIpc) is 2.32. The standard InChI is InChI=1S/C16H32N2/c1-15(2,3)17-11-13-9-7-8-10-14(12-17)18(13)16(4,5)6/h13-14H,7-12H2,1-6H3. The highest BCUT2D eigenvalue weighted by Crippen LogP contribution is 2.35. The van der Waals surface area contributed by atoms with E-state index >= 15 is 0 Å². The van der Waals surface area contributed by atoms with Crippen LogP contribution in [0.25, 0.3) is 0 Å². The predicted molar refractivity (Wildman–Crippen MR) is 79.0 cm³/mol. The van der Waals surface area contributed by atoms with E-state index in [0.29, 0.717) is 11.1 Å². The van der Waals surface area contributed by atoms with E-state index < -0.39 is 0 Å². The van der Waals surface area contributed by atoms with Gasteiger partial charge in [-0.15, -0.1) is 0 Å². The number of rotatable bonds is 0. The first-order chi connectivity index (χ1) is 8.19. The molecule has 2 rings (SSSR count). The Balaban J connectivity index is 2.22. The van der Waals surface area contributed by atoms with Gasteiger partial charge in [-0.2, -0.15) is 0 Å². The molecule has 2 unspecified atom stereocenters. The Kier molecular flexibility index (Phi) is 3.81. The highest BCUT2D eigenvalue weighted by atomic mass is 15.4. The second kappa shape index (κ2) is 4.79. The van der Waals surface area contributed by atoms with E-state index in [0.717, 1.165) is 12.1 Å². The van der Waals surface area contributed by atoms with Crippen molar-refractivity contribution in [1.29, 1.82) is 0 Å². The monoisotopic (exact) mass is 252 g/mol. The van der Waals surface area contributed by atoms with Crippen molar-refractivity contribution in [2.75, 3.05) is 13.1 Å². The Morgan fingerprint density at radius 1 is 0.722 bits per heavy atom. The number of piperazine rings is 1. The largest absolute Gasteiger partial charge is 0.295 e. The van der Waals surface area contributed by atoms with Crippen molar-refractivity contribution in [3.63, 3.8) is 0 Å². The molecule has 0 aromatic heterocycles. The van der Waals surface area contributed by atoms with Crippen LogP contribution in [0, 0.1) is 0 Å². The molecule has 0 amide bonds. The first-order valence-corrected chi connectivity index (χ1v) is 7.73. The van der Waals surface area contributed by atoms with Crippen LogP contribution in [0.5, 0.6) is 0 Å². The third kappa shape index (κ3) is 2.91. The summed E-state index contributed by atoms with van der Waals surface area (Å²) in [4.78, 5) is 5.55. The molecule has 0 aromatic carbocycles. The lowest BCUT2D eigenvalue weighted by Gasteiger charge is -2.55. The third-order valence-electron chi connectivity index (χ3n) is 4.70. The molecule has 0 aromatic rings. The molecule has 2 bridgehead atoms. The van der Waals surface area contributed by atoms with Gasteiger partial charge < -0.3 is 0 Å². The van der Waals surface area contributed by atoms with Gasteiger partial charge in [0.2, 0.25) is 0 Å². The van der Waals surface area contributed by atoms with Crippen molar-refractivity contribution in [3.05, 3.63) is 0 Å². The van der Waals surface area contributed by atoms with Gasteiger partial charge in [0.15, 0.2) is 0 Å². The zero-order valence-corrected chi connectivity index (χ0v) is 13.3. The maximum absolute atomic E-state index is 2.84. The van der Waals surface area contributed by atoms with Gasteiger partial charge in [0.1, 0.15) is 0 Å². The van der Waals surface area contributed by atoms with E-state index in [1.165, 1.54) is 38.8 Å². The molecular formula is C16H32N2. The van der Waals surface area contributed by atoms with Gasteiger partial charge in [-0.1, -0.05) is 12.8 Å². The minimum absolute atomic E-state index is 0.323. The molecule has 0 radical (unpaired) electrons. The molecule has 2 heterocycles. The summed E-state index contributed by atoms with van der Waals surface area (Å²) in [6.07, 6.45) is 5.62. The van der Waals surface area contributed by atoms with Crippen molar-refractivity contribution >= 4 is 0 Å². The number of nitrogens with zero attached hydrogens (tertiary/aromatic N) is 2. The summed E-state index contributed by atoms with van der Waals surface area (Å²) in [6.45, 7) is 16.8. The summed E-state index contributed by atoms with van der Waals surface area (Å²) in [5.74, 6) is 0. The van der Waals surface area contributed by atoms with Gasteiger partial charge in [0.25, 0.3) is 0 Å². The third-order valence-corrected chi connectivity index (χ3v) is 4.70. The Morgan fingerprint density at radius 3 is 1.50 bits per heavy atom. The topological polar surface area (TPSA) is 6.48 Å². The van der Waals surface area contributed by atoms with Crippen molar-refractivity contribution < 1.29 is 0 Å². The maximum Gasteiger partial charge on any atom is 0.0232 e. The fraction of sp³-hybridized carbons (Fsp3) is 1.00. The van der Waals surface area contributed by atoms with Crippen LogP contribution < -0.4 is 0 Å². The van der Waals surface area contributed by atoms with Crippen LogP contribution in [-0.2, 0) is 0 Å². The van der Waals surface area contributed by atoms with Crippen LogP contribution in [-0.4, -0.2) is 46.1 Å². The lowest BCUT2D eigenvalue weighted by molar-refractivity contribution is -0.0597. The Labute approximate surface area is 114 Å². The second-order valence-electron chi connectivity index (χ2n) is 8.25. The summed E-state index contributed by atoms with van der Waals surface area (Å²) in [6, 6.07) is 1.54. The minimum atomic E-state index is 0.323. The van der Waals surface area contributed by atoms with Crippen LogP contribution in [0.2, 0.25) is 0 Å². The van der Waals surface area contributed by atoms with Gasteiger partial charge in [-0.25, -0.2) is 0 Å². The molecule has 2 atom stereocenters. The number of hydrogen-bond donors (Lipinski definition) is 0. The Morgan fingerprint density at radius 2 is 1.17 bits per heavy atom. The Hall–Kier alpha value is -0.0800. The van der Waals surface area contributed by atoms with E-state index in [4.69, 9.17) is 0 Å². The molecule has 2 fully saturated rings. The van der Waals surface area contributed by atoms with Gasteiger partial charge >= 0.3 is 0 Å². The van der Waals surface area contributed by atoms with E-state index in [1.807, 2.05) is 0 Å². The van der Waals surface area contributed by atoms with Gasteiger partial charge in [-0.05, 0) is 54.4 Å². The van der Waals surface area contributed by atoms with Crippen molar-refractivity contribution in [2.24, 2.45) is 0 Å². The number of fused-ring (bicyclic) bond motifs is 2. The van der Waals surface area contributed by atoms with E-state index in [2.05, 4.69) is 51.3 Å². The molecule has 2 aliphatic rings. The zero-order valence-electron chi connectivity index (χ0n) is 13.3. The van der Waals surface area contributed by atoms with Crippen molar-refractivity contribution in [2.45, 2.75) is 90.4 Å².